The van der Waals surface area contributed by atoms with Gasteiger partial charge in [0.15, 0.2) is 0 Å². The summed E-state index contributed by atoms with van der Waals surface area (Å²) >= 11 is 0. The number of carboxylic acid groups (broad SMARTS) is 1. The molecule has 0 atom stereocenters. The van der Waals surface area contributed by atoms with Crippen LogP contribution in [0.25, 0.3) is 5.57 Å². The number of benzene rings is 1. The standard InChI is InChI=1S/C14H11N3O.C2HF3O2/c18-14-12-10-2-1-8-7-15-5-3-9(8)13(10)17-11(12)4-6-16-14;3-2(4,5)1(6)7/h1-2,4,6,15H,3,5,7H2;(H,6,7). The molecule has 1 aromatic carbocycles. The van der Waals surface area contributed by atoms with E-state index < -0.39 is 12.1 Å². The molecule has 2 N–H and O–H groups in total. The van der Waals surface area contributed by atoms with Crippen LogP contribution in [0, 0.1) is 0 Å². The summed E-state index contributed by atoms with van der Waals surface area (Å²) in [5, 5.41) is 12.4. The number of fused-ring (bicyclic) bond motifs is 4. The van der Waals surface area contributed by atoms with Crippen molar-refractivity contribution < 1.29 is 27.9 Å². The molecule has 9 heteroatoms. The highest BCUT2D eigenvalue weighted by molar-refractivity contribution is 6.24. The molecule has 0 spiro atoms. The van der Waals surface area contributed by atoms with Crippen LogP contribution in [0.15, 0.2) is 33.9 Å². The summed E-state index contributed by atoms with van der Waals surface area (Å²) in [5.41, 5.74) is 3.99. The number of rotatable bonds is 0. The average molecular weight is 351 g/mol. The van der Waals surface area contributed by atoms with Gasteiger partial charge in [0.05, 0.1) is 16.6 Å². The lowest BCUT2D eigenvalue weighted by molar-refractivity contribution is -0.192. The number of allylic oxidation sites excluding steroid dienone is 1. The zero-order valence-corrected chi connectivity index (χ0v) is 12.7. The van der Waals surface area contributed by atoms with Gasteiger partial charge in [0.25, 0.3) is 5.91 Å². The molecule has 25 heavy (non-hydrogen) atoms. The third-order valence-corrected chi connectivity index (χ3v) is 3.89. The van der Waals surface area contributed by atoms with Crippen molar-refractivity contribution in [2.45, 2.75) is 19.1 Å². The molecule has 0 bridgehead atoms. The van der Waals surface area contributed by atoms with Gasteiger partial charge in [0.2, 0.25) is 0 Å². The van der Waals surface area contributed by atoms with Gasteiger partial charge in [-0.15, -0.1) is 0 Å². The van der Waals surface area contributed by atoms with Crippen LogP contribution in [-0.4, -0.2) is 35.9 Å². The van der Waals surface area contributed by atoms with Crippen molar-refractivity contribution in [1.82, 2.24) is 5.32 Å². The van der Waals surface area contributed by atoms with Gasteiger partial charge in [-0.1, -0.05) is 12.1 Å². The first-order valence-corrected chi connectivity index (χ1v) is 7.32. The second kappa shape index (κ2) is 6.25. The zero-order chi connectivity index (χ0) is 18.2. The minimum Gasteiger partial charge on any atom is -0.475 e. The van der Waals surface area contributed by atoms with Gasteiger partial charge in [-0.05, 0) is 30.2 Å². The number of nitrogens with zero attached hydrogens (tertiary/aromatic N) is 2. The fourth-order valence-corrected chi connectivity index (χ4v) is 2.79. The lowest BCUT2D eigenvalue weighted by Crippen LogP contribution is -2.35. The molecule has 0 fully saturated rings. The summed E-state index contributed by atoms with van der Waals surface area (Å²) < 4.78 is 31.7. The van der Waals surface area contributed by atoms with Gasteiger partial charge in [-0.2, -0.15) is 13.2 Å². The zero-order valence-electron chi connectivity index (χ0n) is 12.7. The highest BCUT2D eigenvalue weighted by Crippen LogP contribution is 2.19. The quantitative estimate of drug-likeness (QED) is 0.701. The SMILES string of the molecule is O=C(O)C(F)(F)F.O=C1N=CC=C2N=c3c4c(ccc3=C12)CNCC4. The van der Waals surface area contributed by atoms with Crippen molar-refractivity contribution in [2.75, 3.05) is 6.54 Å². The Morgan fingerprint density at radius 1 is 1.28 bits per heavy atom. The lowest BCUT2D eigenvalue weighted by atomic mass is 9.98. The lowest BCUT2D eigenvalue weighted by Gasteiger charge is -2.16. The number of hydrogen-bond donors (Lipinski definition) is 2. The number of aliphatic carboxylic acids is 1. The van der Waals surface area contributed by atoms with Gasteiger partial charge < -0.3 is 10.4 Å². The number of carbonyl (C=O) groups is 2. The number of carbonyl (C=O) groups excluding carboxylic acids is 1. The van der Waals surface area contributed by atoms with Crippen molar-refractivity contribution in [3.8, 4) is 0 Å². The molecule has 1 amide bonds. The number of hydrogen-bond acceptors (Lipinski definition) is 4. The van der Waals surface area contributed by atoms with Crippen LogP contribution in [0.5, 0.6) is 0 Å². The summed E-state index contributed by atoms with van der Waals surface area (Å²) in [4.78, 5) is 29.2. The molecule has 0 unspecified atom stereocenters. The highest BCUT2D eigenvalue weighted by Gasteiger charge is 2.38. The summed E-state index contributed by atoms with van der Waals surface area (Å²) in [6, 6.07) is 4.09. The van der Waals surface area contributed by atoms with E-state index in [1.165, 1.54) is 17.3 Å². The topological polar surface area (TPSA) is 91.1 Å². The number of carboxylic acids is 1. The average Bonchev–Trinajstić information content (AvgIpc) is 2.95. The third kappa shape index (κ3) is 3.22. The van der Waals surface area contributed by atoms with Crippen molar-refractivity contribution in [1.29, 1.82) is 0 Å². The maximum Gasteiger partial charge on any atom is 0.490 e. The van der Waals surface area contributed by atoms with Crippen LogP contribution < -0.4 is 15.9 Å². The van der Waals surface area contributed by atoms with E-state index in [0.29, 0.717) is 5.57 Å². The van der Waals surface area contributed by atoms with Crippen LogP contribution >= 0.6 is 0 Å². The minimum absolute atomic E-state index is 0.177. The Hall–Kier alpha value is -2.81. The number of nitrogens with one attached hydrogen (secondary N) is 1. The molecule has 0 aromatic heterocycles. The van der Waals surface area contributed by atoms with Crippen LogP contribution in [0.4, 0.5) is 13.2 Å². The van der Waals surface area contributed by atoms with Gasteiger partial charge in [0, 0.05) is 18.0 Å². The fourth-order valence-electron chi connectivity index (χ4n) is 2.79. The molecule has 130 valence electrons. The summed E-state index contributed by atoms with van der Waals surface area (Å²) in [5.74, 6) is -2.93. The summed E-state index contributed by atoms with van der Waals surface area (Å²) in [6.45, 7) is 1.86. The number of dihydropyridines is 1. The van der Waals surface area contributed by atoms with E-state index in [-0.39, 0.29) is 5.91 Å². The smallest absolute Gasteiger partial charge is 0.475 e. The molecular formula is C16H12F3N3O3. The molecule has 4 rings (SSSR count). The van der Waals surface area contributed by atoms with E-state index in [0.717, 1.165) is 35.8 Å². The Bertz CT molecular complexity index is 946. The summed E-state index contributed by atoms with van der Waals surface area (Å²) in [7, 11) is 0. The van der Waals surface area contributed by atoms with E-state index in [1.807, 2.05) is 12.1 Å². The van der Waals surface area contributed by atoms with Crippen LogP contribution in [-0.2, 0) is 22.6 Å². The number of aliphatic imine (C=N–C) groups is 1. The molecule has 0 radical (unpaired) electrons. The maximum atomic E-state index is 11.9. The highest BCUT2D eigenvalue weighted by atomic mass is 19.4. The van der Waals surface area contributed by atoms with E-state index in [1.54, 1.807) is 0 Å². The predicted molar refractivity (Wildman–Crippen MR) is 81.3 cm³/mol. The largest absolute Gasteiger partial charge is 0.490 e. The summed E-state index contributed by atoms with van der Waals surface area (Å²) in [6.07, 6.45) is -0.771. The number of amides is 1. The van der Waals surface area contributed by atoms with Crippen LogP contribution in [0.1, 0.15) is 11.1 Å². The van der Waals surface area contributed by atoms with Crippen LogP contribution in [0.3, 0.4) is 0 Å². The van der Waals surface area contributed by atoms with Crippen molar-refractivity contribution in [3.63, 3.8) is 0 Å². The van der Waals surface area contributed by atoms with Gasteiger partial charge in [-0.25, -0.2) is 14.8 Å². The molecular weight excluding hydrogens is 339 g/mol. The van der Waals surface area contributed by atoms with Crippen molar-refractivity contribution in [2.24, 2.45) is 9.98 Å². The molecule has 6 nitrogen and oxygen atoms in total. The first-order valence-electron chi connectivity index (χ1n) is 7.32. The molecule has 0 saturated heterocycles. The normalized spacial score (nSPS) is 17.5. The molecule has 0 saturated carbocycles. The first-order chi connectivity index (χ1) is 11.8. The van der Waals surface area contributed by atoms with E-state index in [4.69, 9.17) is 9.90 Å². The van der Waals surface area contributed by atoms with E-state index >= 15 is 0 Å². The van der Waals surface area contributed by atoms with Crippen molar-refractivity contribution >= 4 is 23.7 Å². The molecule has 3 aliphatic rings. The molecule has 3 aliphatic heterocycles. The molecule has 0 aliphatic carbocycles. The molecule has 3 heterocycles. The Morgan fingerprint density at radius 2 is 2.00 bits per heavy atom. The van der Waals surface area contributed by atoms with Gasteiger partial charge >= 0.3 is 12.1 Å². The third-order valence-electron chi connectivity index (χ3n) is 3.89. The Morgan fingerprint density at radius 3 is 2.68 bits per heavy atom. The van der Waals surface area contributed by atoms with Gasteiger partial charge in [-0.3, -0.25) is 4.79 Å². The second-order valence-corrected chi connectivity index (χ2v) is 5.45. The Balaban J connectivity index is 0.000000225. The monoisotopic (exact) mass is 351 g/mol. The number of halogens is 3. The predicted octanol–water partition coefficient (Wildman–Crippen LogP) is 0.244. The molecule has 1 aromatic rings. The minimum atomic E-state index is -5.08. The van der Waals surface area contributed by atoms with E-state index in [9.17, 15) is 18.0 Å². The second-order valence-electron chi connectivity index (χ2n) is 5.45. The fraction of sp³-hybridized carbons (Fsp3) is 0.250. The van der Waals surface area contributed by atoms with Crippen molar-refractivity contribution in [3.05, 3.63) is 45.6 Å². The first kappa shape index (κ1) is 17.0. The van der Waals surface area contributed by atoms with Gasteiger partial charge in [0.1, 0.15) is 0 Å². The van der Waals surface area contributed by atoms with Crippen LogP contribution in [0.2, 0.25) is 0 Å². The maximum absolute atomic E-state index is 11.9. The van der Waals surface area contributed by atoms with E-state index in [2.05, 4.69) is 21.4 Å². The number of alkyl halides is 3. The Labute approximate surface area is 139 Å². The Kier molecular flexibility index (Phi) is 4.25.